The predicted octanol–water partition coefficient (Wildman–Crippen LogP) is 2.80. The highest BCUT2D eigenvalue weighted by Gasteiger charge is 2.07. The zero-order chi connectivity index (χ0) is 17.4. The van der Waals surface area contributed by atoms with Crippen molar-refractivity contribution < 1.29 is 14.3 Å². The molecule has 0 fully saturated rings. The molecule has 0 aliphatic heterocycles. The monoisotopic (exact) mass is 326 g/mol. The van der Waals surface area contributed by atoms with E-state index in [1.54, 1.807) is 18.2 Å². The quantitative estimate of drug-likeness (QED) is 0.578. The van der Waals surface area contributed by atoms with Gasteiger partial charge in [0, 0.05) is 11.3 Å². The molecule has 0 saturated carbocycles. The number of hydrogen-bond donors (Lipinski definition) is 2. The minimum Gasteiger partial charge on any atom is -0.492 e. The molecule has 0 spiro atoms. The molecule has 0 aromatic heterocycles. The molecule has 5 nitrogen and oxygen atoms in total. The number of aryl methyl sites for hydroxylation is 1. The Morgan fingerprint density at radius 2 is 1.88 bits per heavy atom. The van der Waals surface area contributed by atoms with Gasteiger partial charge in [-0.3, -0.25) is 9.59 Å². The van der Waals surface area contributed by atoms with Crippen LogP contribution in [0.4, 0.5) is 5.69 Å². The van der Waals surface area contributed by atoms with E-state index in [9.17, 15) is 9.59 Å². The van der Waals surface area contributed by atoms with Gasteiger partial charge in [-0.2, -0.15) is 0 Å². The summed E-state index contributed by atoms with van der Waals surface area (Å²) < 4.78 is 5.57. The topological polar surface area (TPSA) is 67.4 Å². The van der Waals surface area contributed by atoms with Crippen LogP contribution in [0.1, 0.15) is 22.8 Å². The number of nitrogens with one attached hydrogen (secondary N) is 2. The van der Waals surface area contributed by atoms with Crippen LogP contribution >= 0.6 is 0 Å². The minimum atomic E-state index is -0.152. The molecule has 1 amide bonds. The number of anilines is 1. The largest absolute Gasteiger partial charge is 0.492 e. The second-order valence-corrected chi connectivity index (χ2v) is 5.47. The van der Waals surface area contributed by atoms with Crippen molar-refractivity contribution in [3.63, 3.8) is 0 Å². The lowest BCUT2D eigenvalue weighted by Crippen LogP contribution is -2.33. The molecular formula is C19H22N2O3. The Balaban J connectivity index is 1.71. The molecule has 2 N–H and O–H groups in total. The lowest BCUT2D eigenvalue weighted by Gasteiger charge is -2.11. The summed E-state index contributed by atoms with van der Waals surface area (Å²) in [4.78, 5) is 23.4. The van der Waals surface area contributed by atoms with E-state index in [-0.39, 0.29) is 18.2 Å². The number of carbonyl (C=O) groups is 2. The fourth-order valence-electron chi connectivity index (χ4n) is 2.25. The predicted molar refractivity (Wildman–Crippen MR) is 94.6 cm³/mol. The molecule has 0 bridgehead atoms. The maximum absolute atomic E-state index is 11.8. The molecule has 0 aliphatic carbocycles. The Kier molecular flexibility index (Phi) is 6.37. The first-order chi connectivity index (χ1) is 11.6. The van der Waals surface area contributed by atoms with E-state index in [1.807, 2.05) is 37.3 Å². The Morgan fingerprint density at radius 3 is 2.62 bits per heavy atom. The Bertz CT molecular complexity index is 713. The first-order valence-corrected chi connectivity index (χ1v) is 7.86. The Morgan fingerprint density at radius 1 is 1.08 bits per heavy atom. The summed E-state index contributed by atoms with van der Waals surface area (Å²) in [6, 6.07) is 14.9. The average molecular weight is 326 g/mol. The van der Waals surface area contributed by atoms with Crippen LogP contribution in [0.15, 0.2) is 48.5 Å². The van der Waals surface area contributed by atoms with Gasteiger partial charge in [0.15, 0.2) is 5.78 Å². The average Bonchev–Trinajstić information content (AvgIpc) is 2.57. The van der Waals surface area contributed by atoms with Crippen molar-refractivity contribution in [3.05, 3.63) is 59.7 Å². The third kappa shape index (κ3) is 5.43. The van der Waals surface area contributed by atoms with E-state index in [1.165, 1.54) is 6.92 Å². The molecule has 2 rings (SSSR count). The van der Waals surface area contributed by atoms with Crippen LogP contribution in [-0.4, -0.2) is 31.4 Å². The van der Waals surface area contributed by atoms with E-state index in [0.717, 1.165) is 11.3 Å². The molecule has 0 saturated heterocycles. The van der Waals surface area contributed by atoms with Crippen molar-refractivity contribution in [2.45, 2.75) is 13.8 Å². The fourth-order valence-corrected chi connectivity index (χ4v) is 2.25. The van der Waals surface area contributed by atoms with Gasteiger partial charge in [0.1, 0.15) is 12.4 Å². The van der Waals surface area contributed by atoms with Gasteiger partial charge in [0.25, 0.3) is 0 Å². The van der Waals surface area contributed by atoms with E-state index >= 15 is 0 Å². The summed E-state index contributed by atoms with van der Waals surface area (Å²) in [7, 11) is 0. The van der Waals surface area contributed by atoms with Gasteiger partial charge < -0.3 is 15.4 Å². The van der Waals surface area contributed by atoms with E-state index in [2.05, 4.69) is 10.6 Å². The van der Waals surface area contributed by atoms with Crippen LogP contribution in [0.2, 0.25) is 0 Å². The first kappa shape index (κ1) is 17.5. The first-order valence-electron chi connectivity index (χ1n) is 7.86. The maximum atomic E-state index is 11.8. The number of hydrogen-bond acceptors (Lipinski definition) is 4. The second-order valence-electron chi connectivity index (χ2n) is 5.47. The van der Waals surface area contributed by atoms with Crippen molar-refractivity contribution in [1.29, 1.82) is 0 Å². The number of benzene rings is 2. The third-order valence-corrected chi connectivity index (χ3v) is 3.43. The molecule has 0 heterocycles. The number of rotatable bonds is 8. The summed E-state index contributed by atoms with van der Waals surface area (Å²) in [5.74, 6) is 0.601. The Hall–Kier alpha value is -2.82. The molecule has 0 atom stereocenters. The second kappa shape index (κ2) is 8.72. The number of carbonyl (C=O) groups excluding carboxylic acids is 2. The normalized spacial score (nSPS) is 10.1. The fraction of sp³-hybridized carbons (Fsp3) is 0.263. The zero-order valence-electron chi connectivity index (χ0n) is 14.0. The van der Waals surface area contributed by atoms with Gasteiger partial charge in [-0.25, -0.2) is 0 Å². The summed E-state index contributed by atoms with van der Waals surface area (Å²) in [6.07, 6.45) is 0. The van der Waals surface area contributed by atoms with Crippen LogP contribution in [-0.2, 0) is 4.79 Å². The summed E-state index contributed by atoms with van der Waals surface area (Å²) >= 11 is 0. The number of Topliss-reactive ketones (excluding diaryl/α,β-unsaturated/α-hetero) is 1. The lowest BCUT2D eigenvalue weighted by atomic mass is 10.1. The van der Waals surface area contributed by atoms with Crippen molar-refractivity contribution in [1.82, 2.24) is 5.32 Å². The van der Waals surface area contributed by atoms with Crippen molar-refractivity contribution >= 4 is 17.4 Å². The summed E-state index contributed by atoms with van der Waals surface area (Å²) in [6.45, 7) is 4.43. The molecule has 0 unspecified atom stereocenters. The molecule has 5 heteroatoms. The van der Waals surface area contributed by atoms with Crippen LogP contribution in [0, 0.1) is 6.92 Å². The molecule has 24 heavy (non-hydrogen) atoms. The van der Waals surface area contributed by atoms with Crippen molar-refractivity contribution in [2.24, 2.45) is 0 Å². The minimum absolute atomic E-state index is 0.0370. The van der Waals surface area contributed by atoms with Gasteiger partial charge in [-0.05, 0) is 43.7 Å². The van der Waals surface area contributed by atoms with Crippen LogP contribution < -0.4 is 15.4 Å². The van der Waals surface area contributed by atoms with Crippen molar-refractivity contribution in [2.75, 3.05) is 25.0 Å². The highest BCUT2D eigenvalue weighted by atomic mass is 16.5. The number of para-hydroxylation sites is 1. The van der Waals surface area contributed by atoms with Crippen LogP contribution in [0.5, 0.6) is 5.75 Å². The standard InChI is InChI=1S/C19H22N2O3/c1-14-6-5-7-16(12-14)24-11-10-20-19(23)13-21-18-9-4-3-8-17(18)15(2)22/h3-9,12,21H,10-11,13H2,1-2H3,(H,20,23). The van der Waals surface area contributed by atoms with Crippen molar-refractivity contribution in [3.8, 4) is 5.75 Å². The Labute approximate surface area is 142 Å². The highest BCUT2D eigenvalue weighted by molar-refractivity contribution is 6.00. The van der Waals surface area contributed by atoms with E-state index < -0.39 is 0 Å². The molecule has 126 valence electrons. The SMILES string of the molecule is CC(=O)c1ccccc1NCC(=O)NCCOc1cccc(C)c1. The smallest absolute Gasteiger partial charge is 0.239 e. The van der Waals surface area contributed by atoms with E-state index in [0.29, 0.717) is 24.4 Å². The highest BCUT2D eigenvalue weighted by Crippen LogP contribution is 2.15. The summed E-state index contributed by atoms with van der Waals surface area (Å²) in [5.41, 5.74) is 2.37. The van der Waals surface area contributed by atoms with Gasteiger partial charge in [-0.15, -0.1) is 0 Å². The van der Waals surface area contributed by atoms with Gasteiger partial charge in [-0.1, -0.05) is 24.3 Å². The lowest BCUT2D eigenvalue weighted by molar-refractivity contribution is -0.119. The van der Waals surface area contributed by atoms with E-state index in [4.69, 9.17) is 4.74 Å². The van der Waals surface area contributed by atoms with Crippen LogP contribution in [0.25, 0.3) is 0 Å². The molecule has 0 aliphatic rings. The molecule has 2 aromatic rings. The maximum Gasteiger partial charge on any atom is 0.239 e. The number of ether oxygens (including phenoxy) is 1. The number of ketones is 1. The molecule has 2 aromatic carbocycles. The zero-order valence-corrected chi connectivity index (χ0v) is 14.0. The molecular weight excluding hydrogens is 304 g/mol. The van der Waals surface area contributed by atoms with Crippen LogP contribution in [0.3, 0.4) is 0 Å². The summed E-state index contributed by atoms with van der Waals surface area (Å²) in [5, 5.41) is 5.76. The number of amides is 1. The molecule has 0 radical (unpaired) electrons. The van der Waals surface area contributed by atoms with Gasteiger partial charge >= 0.3 is 0 Å². The van der Waals surface area contributed by atoms with Gasteiger partial charge in [0.05, 0.1) is 13.1 Å². The van der Waals surface area contributed by atoms with Gasteiger partial charge in [0.2, 0.25) is 5.91 Å². The third-order valence-electron chi connectivity index (χ3n) is 3.43.